The molecule has 0 spiro atoms. The first kappa shape index (κ1) is 20.1. The van der Waals surface area contributed by atoms with Crippen LogP contribution in [0.3, 0.4) is 0 Å². The van der Waals surface area contributed by atoms with Crippen molar-refractivity contribution in [3.8, 4) is 23.1 Å². The normalized spacial score (nSPS) is 17.0. The fourth-order valence-electron chi connectivity index (χ4n) is 2.75. The van der Waals surface area contributed by atoms with Gasteiger partial charge in [-0.1, -0.05) is 11.6 Å². The number of halogens is 2. The molecule has 0 bridgehead atoms. The van der Waals surface area contributed by atoms with Crippen molar-refractivity contribution in [3.05, 3.63) is 47.1 Å². The lowest BCUT2D eigenvalue weighted by Gasteiger charge is -2.12. The molecule has 2 aliphatic carbocycles. The molecular formula is C21H20ClFN6O. The monoisotopic (exact) mass is 426 g/mol. The number of ether oxygens (including phenoxy) is 1. The van der Waals surface area contributed by atoms with Crippen molar-refractivity contribution in [1.29, 1.82) is 10.7 Å². The van der Waals surface area contributed by atoms with Crippen LogP contribution in [0.25, 0.3) is 11.3 Å². The van der Waals surface area contributed by atoms with Crippen LogP contribution in [0.5, 0.6) is 5.75 Å². The zero-order chi connectivity index (χ0) is 21.1. The summed E-state index contributed by atoms with van der Waals surface area (Å²) in [6, 6.07) is 7.13. The zero-order valence-corrected chi connectivity index (χ0v) is 16.8. The first-order valence-electron chi connectivity index (χ1n) is 9.62. The van der Waals surface area contributed by atoms with Gasteiger partial charge in [0.15, 0.2) is 11.6 Å². The van der Waals surface area contributed by atoms with Crippen molar-refractivity contribution in [2.75, 3.05) is 11.9 Å². The summed E-state index contributed by atoms with van der Waals surface area (Å²) in [5.74, 6) is -0.227. The molecule has 4 rings (SSSR count). The van der Waals surface area contributed by atoms with Crippen molar-refractivity contribution < 1.29 is 9.13 Å². The molecule has 1 aromatic carbocycles. The summed E-state index contributed by atoms with van der Waals surface area (Å²) in [5, 5.41) is 23.1. The molecule has 0 atom stereocenters. The maximum atomic E-state index is 14.6. The maximum Gasteiger partial charge on any atom is 0.227 e. The van der Waals surface area contributed by atoms with Crippen LogP contribution in [0.2, 0.25) is 5.02 Å². The number of benzene rings is 1. The third-order valence-corrected chi connectivity index (χ3v) is 5.28. The SMILES string of the molecule is N#CC1(COc2ccc(-c3nc(N/C(C=N)=C/NC4CC4)ncc3Cl)cc2F)CC1. The van der Waals surface area contributed by atoms with E-state index in [1.54, 1.807) is 12.3 Å². The fraction of sp³-hybridized carbons (Fsp3) is 0.333. The van der Waals surface area contributed by atoms with Crippen LogP contribution in [0, 0.1) is 28.0 Å². The van der Waals surface area contributed by atoms with Crippen LogP contribution < -0.4 is 15.4 Å². The highest BCUT2D eigenvalue weighted by Crippen LogP contribution is 2.45. The lowest BCUT2D eigenvalue weighted by molar-refractivity contribution is 0.257. The van der Waals surface area contributed by atoms with Gasteiger partial charge in [0.05, 0.1) is 34.1 Å². The summed E-state index contributed by atoms with van der Waals surface area (Å²) in [5.41, 5.74) is 0.843. The molecule has 1 heterocycles. The van der Waals surface area contributed by atoms with Crippen molar-refractivity contribution in [2.24, 2.45) is 5.41 Å². The Hall–Kier alpha value is -3.18. The third kappa shape index (κ3) is 4.69. The Morgan fingerprint density at radius 2 is 2.23 bits per heavy atom. The minimum atomic E-state index is -0.556. The van der Waals surface area contributed by atoms with E-state index in [-0.39, 0.29) is 23.3 Å². The molecule has 9 heteroatoms. The van der Waals surface area contributed by atoms with E-state index in [4.69, 9.17) is 27.0 Å². The van der Waals surface area contributed by atoms with Gasteiger partial charge in [-0.15, -0.1) is 0 Å². The van der Waals surface area contributed by atoms with Gasteiger partial charge < -0.3 is 20.8 Å². The van der Waals surface area contributed by atoms with E-state index in [1.807, 2.05) is 0 Å². The molecule has 154 valence electrons. The maximum absolute atomic E-state index is 14.6. The van der Waals surface area contributed by atoms with E-state index >= 15 is 0 Å². The first-order valence-corrected chi connectivity index (χ1v) is 10.00. The second-order valence-corrected chi connectivity index (χ2v) is 7.93. The summed E-state index contributed by atoms with van der Waals surface area (Å²) >= 11 is 6.24. The third-order valence-electron chi connectivity index (χ3n) is 5.01. The molecule has 0 aliphatic heterocycles. The van der Waals surface area contributed by atoms with Crippen molar-refractivity contribution >= 4 is 23.8 Å². The van der Waals surface area contributed by atoms with Gasteiger partial charge in [-0.3, -0.25) is 0 Å². The Bertz CT molecular complexity index is 1040. The molecule has 2 saturated carbocycles. The Morgan fingerprint density at radius 1 is 1.43 bits per heavy atom. The predicted octanol–water partition coefficient (Wildman–Crippen LogP) is 4.27. The Labute approximate surface area is 178 Å². The van der Waals surface area contributed by atoms with Crippen molar-refractivity contribution in [1.82, 2.24) is 15.3 Å². The lowest BCUT2D eigenvalue weighted by atomic mass is 10.1. The standard InChI is InChI=1S/C21H20ClFN6O/c22-16-10-27-20(28-15(8-24)9-26-14-2-3-14)29-19(16)13-1-4-18(17(23)7-13)30-12-21(11-25)5-6-21/h1,4,7-10,14,24,26H,2-3,5-6,12H2,(H,27,28,29)/b15-9+,24-8?. The average molecular weight is 427 g/mol. The predicted molar refractivity (Wildman–Crippen MR) is 112 cm³/mol. The van der Waals surface area contributed by atoms with Gasteiger partial charge in [0.25, 0.3) is 0 Å². The molecule has 30 heavy (non-hydrogen) atoms. The van der Waals surface area contributed by atoms with Gasteiger partial charge in [0.2, 0.25) is 5.95 Å². The Kier molecular flexibility index (Phi) is 5.55. The number of rotatable bonds is 9. The number of aromatic nitrogens is 2. The molecule has 3 N–H and O–H groups in total. The van der Waals surface area contributed by atoms with Gasteiger partial charge in [0, 0.05) is 24.0 Å². The van der Waals surface area contributed by atoms with Gasteiger partial charge >= 0.3 is 0 Å². The van der Waals surface area contributed by atoms with E-state index in [0.717, 1.165) is 31.9 Å². The number of nitriles is 1. The summed E-state index contributed by atoms with van der Waals surface area (Å²) in [6.45, 7) is 0.176. The fourth-order valence-corrected chi connectivity index (χ4v) is 2.95. The largest absolute Gasteiger partial charge is 0.489 e. The molecule has 7 nitrogen and oxygen atoms in total. The average Bonchev–Trinajstić information content (AvgIpc) is 3.67. The van der Waals surface area contributed by atoms with E-state index < -0.39 is 11.2 Å². The molecule has 0 radical (unpaired) electrons. The summed E-state index contributed by atoms with van der Waals surface area (Å²) < 4.78 is 20.1. The number of hydrogen-bond donors (Lipinski definition) is 3. The lowest BCUT2D eigenvalue weighted by Crippen LogP contribution is -2.13. The van der Waals surface area contributed by atoms with E-state index in [9.17, 15) is 4.39 Å². The number of allylic oxidation sites excluding steroid dienone is 1. The van der Waals surface area contributed by atoms with Crippen molar-refractivity contribution in [2.45, 2.75) is 31.7 Å². The molecular weight excluding hydrogens is 407 g/mol. The quantitative estimate of drug-likeness (QED) is 0.517. The van der Waals surface area contributed by atoms with Crippen LogP contribution >= 0.6 is 11.6 Å². The molecule has 2 aliphatic rings. The van der Waals surface area contributed by atoms with Crippen LogP contribution in [0.15, 0.2) is 36.3 Å². The Balaban J connectivity index is 1.50. The van der Waals surface area contributed by atoms with E-state index in [1.165, 1.54) is 18.3 Å². The minimum Gasteiger partial charge on any atom is -0.489 e. The molecule has 1 aromatic heterocycles. The highest BCUT2D eigenvalue weighted by molar-refractivity contribution is 6.32. The van der Waals surface area contributed by atoms with E-state index in [0.29, 0.717) is 23.0 Å². The zero-order valence-electron chi connectivity index (χ0n) is 16.1. The molecule has 0 saturated heterocycles. The van der Waals surface area contributed by atoms with Crippen LogP contribution in [0.4, 0.5) is 10.3 Å². The second-order valence-electron chi connectivity index (χ2n) is 7.53. The van der Waals surface area contributed by atoms with Crippen LogP contribution in [-0.2, 0) is 0 Å². The highest BCUT2D eigenvalue weighted by Gasteiger charge is 2.44. The molecule has 2 aromatic rings. The summed E-state index contributed by atoms with van der Waals surface area (Å²) in [6.07, 6.45) is 8.08. The molecule has 0 amide bonds. The minimum absolute atomic E-state index is 0.0870. The molecule has 2 fully saturated rings. The van der Waals surface area contributed by atoms with Gasteiger partial charge in [0.1, 0.15) is 6.61 Å². The number of anilines is 1. The van der Waals surface area contributed by atoms with Gasteiger partial charge in [-0.25, -0.2) is 14.4 Å². The van der Waals surface area contributed by atoms with Gasteiger partial charge in [-0.05, 0) is 43.9 Å². The van der Waals surface area contributed by atoms with Crippen LogP contribution in [-0.4, -0.2) is 28.8 Å². The van der Waals surface area contributed by atoms with Gasteiger partial charge in [-0.2, -0.15) is 5.26 Å². The van der Waals surface area contributed by atoms with Crippen LogP contribution in [0.1, 0.15) is 25.7 Å². The van der Waals surface area contributed by atoms with E-state index in [2.05, 4.69) is 26.7 Å². The highest BCUT2D eigenvalue weighted by atomic mass is 35.5. The summed E-state index contributed by atoms with van der Waals surface area (Å²) in [7, 11) is 0. The number of nitrogens with one attached hydrogen (secondary N) is 3. The molecule has 0 unspecified atom stereocenters. The smallest absolute Gasteiger partial charge is 0.227 e. The summed E-state index contributed by atoms with van der Waals surface area (Å²) in [4.78, 5) is 8.51. The first-order chi connectivity index (χ1) is 14.5. The van der Waals surface area contributed by atoms with Crippen molar-refractivity contribution in [3.63, 3.8) is 0 Å². The topological polar surface area (TPSA) is 107 Å². The number of nitrogens with zero attached hydrogens (tertiary/aromatic N) is 3. The second kappa shape index (κ2) is 8.28. The Morgan fingerprint density at radius 3 is 2.87 bits per heavy atom. The number of hydrogen-bond acceptors (Lipinski definition) is 7.